The predicted molar refractivity (Wildman–Crippen MR) is 133 cm³/mol. The molecule has 2 heterocycles. The lowest BCUT2D eigenvalue weighted by Gasteiger charge is -2.28. The smallest absolute Gasteiger partial charge is 0.410 e. The Morgan fingerprint density at radius 3 is 2.51 bits per heavy atom. The molecule has 0 spiro atoms. The molecular weight excluding hydrogens is 464 g/mol. The van der Waals surface area contributed by atoms with Crippen LogP contribution in [0.3, 0.4) is 0 Å². The van der Waals surface area contributed by atoms with Gasteiger partial charge in [0.15, 0.2) is 5.13 Å². The number of hydrogen-bond donors (Lipinski definition) is 1. The van der Waals surface area contributed by atoms with Crippen LogP contribution < -0.4 is 10.2 Å². The van der Waals surface area contributed by atoms with Crippen molar-refractivity contribution in [2.75, 3.05) is 11.4 Å². The van der Waals surface area contributed by atoms with Gasteiger partial charge in [-0.2, -0.15) is 0 Å². The van der Waals surface area contributed by atoms with Gasteiger partial charge in [-0.3, -0.25) is 19.4 Å². The number of ether oxygens (including phenoxy) is 1. The predicted octanol–water partition coefficient (Wildman–Crippen LogP) is 4.50. The largest absolute Gasteiger partial charge is 0.445 e. The van der Waals surface area contributed by atoms with E-state index in [1.54, 1.807) is 35.8 Å². The van der Waals surface area contributed by atoms with Crippen LogP contribution in [0, 0.1) is 0 Å². The summed E-state index contributed by atoms with van der Waals surface area (Å²) >= 11 is 1.34. The van der Waals surface area contributed by atoms with E-state index in [2.05, 4.69) is 10.3 Å². The Morgan fingerprint density at radius 2 is 1.83 bits per heavy atom. The number of carbonyl (C=O) groups is 3. The van der Waals surface area contributed by atoms with Gasteiger partial charge in [-0.15, -0.1) is 11.3 Å². The van der Waals surface area contributed by atoms with Gasteiger partial charge in [-0.25, -0.2) is 9.78 Å². The molecule has 1 aliphatic carbocycles. The molecule has 1 saturated carbocycles. The Morgan fingerprint density at radius 1 is 1.06 bits per heavy atom. The number of thiazole rings is 1. The minimum atomic E-state index is -0.653. The fourth-order valence-electron chi connectivity index (χ4n) is 4.11. The molecule has 35 heavy (non-hydrogen) atoms. The van der Waals surface area contributed by atoms with Crippen molar-refractivity contribution in [2.45, 2.75) is 44.4 Å². The van der Waals surface area contributed by atoms with E-state index in [0.717, 1.165) is 18.4 Å². The summed E-state index contributed by atoms with van der Waals surface area (Å²) in [5.74, 6) is -0.362. The molecule has 1 atom stereocenters. The quantitative estimate of drug-likeness (QED) is 0.527. The minimum absolute atomic E-state index is 0.116. The second kappa shape index (κ2) is 10.3. The lowest BCUT2D eigenvalue weighted by molar-refractivity contribution is -0.121. The first-order chi connectivity index (χ1) is 17.1. The molecule has 2 fully saturated rings. The Kier molecular flexibility index (Phi) is 6.76. The molecule has 3 amide bonds. The second-order valence-corrected chi connectivity index (χ2v) is 9.55. The first-order valence-electron chi connectivity index (χ1n) is 11.7. The summed E-state index contributed by atoms with van der Waals surface area (Å²) in [5, 5.41) is 5.28. The minimum Gasteiger partial charge on any atom is -0.445 e. The van der Waals surface area contributed by atoms with Crippen LogP contribution in [0.2, 0.25) is 0 Å². The number of anilines is 2. The molecule has 9 heteroatoms. The number of rotatable bonds is 7. The third-order valence-corrected chi connectivity index (χ3v) is 6.87. The van der Waals surface area contributed by atoms with E-state index in [1.165, 1.54) is 21.1 Å². The molecule has 1 unspecified atom stereocenters. The number of benzene rings is 2. The van der Waals surface area contributed by atoms with Crippen molar-refractivity contribution in [2.24, 2.45) is 0 Å². The van der Waals surface area contributed by atoms with E-state index in [4.69, 9.17) is 4.74 Å². The van der Waals surface area contributed by atoms with E-state index >= 15 is 0 Å². The molecule has 1 N–H and O–H groups in total. The lowest BCUT2D eigenvalue weighted by atomic mass is 10.1. The van der Waals surface area contributed by atoms with Crippen LogP contribution in [-0.4, -0.2) is 46.4 Å². The van der Waals surface area contributed by atoms with Gasteiger partial charge in [0.2, 0.25) is 0 Å². The molecule has 0 bridgehead atoms. The van der Waals surface area contributed by atoms with Crippen molar-refractivity contribution in [3.8, 4) is 0 Å². The van der Waals surface area contributed by atoms with Crippen molar-refractivity contribution in [1.29, 1.82) is 0 Å². The highest BCUT2D eigenvalue weighted by atomic mass is 32.1. The van der Waals surface area contributed by atoms with Crippen molar-refractivity contribution in [1.82, 2.24) is 15.2 Å². The average molecular weight is 491 g/mol. The molecule has 1 aliphatic heterocycles. The first-order valence-corrected chi connectivity index (χ1v) is 12.6. The molecule has 0 radical (unpaired) electrons. The van der Waals surface area contributed by atoms with E-state index in [1.807, 2.05) is 30.3 Å². The third-order valence-electron chi connectivity index (χ3n) is 6.11. The summed E-state index contributed by atoms with van der Waals surface area (Å²) < 4.78 is 5.51. The number of likely N-dealkylation sites (tertiary alicyclic amines) is 1. The lowest BCUT2D eigenvalue weighted by Crippen LogP contribution is -2.46. The van der Waals surface area contributed by atoms with Gasteiger partial charge in [0.1, 0.15) is 12.6 Å². The van der Waals surface area contributed by atoms with Crippen LogP contribution in [0.1, 0.15) is 41.6 Å². The molecule has 2 aromatic carbocycles. The number of carbonyl (C=O) groups excluding carboxylic acids is 3. The van der Waals surface area contributed by atoms with Crippen LogP contribution in [0.25, 0.3) is 0 Å². The van der Waals surface area contributed by atoms with Gasteiger partial charge in [-0.05, 0) is 55.5 Å². The van der Waals surface area contributed by atoms with Crippen molar-refractivity contribution in [3.05, 3.63) is 77.3 Å². The normalized spacial score (nSPS) is 17.1. The SMILES string of the molecule is O=C(NC1CC1)c1ccc(N(C(=O)C2CCCN2C(=O)OCc2ccccc2)c2nccs2)cc1. The zero-order valence-corrected chi connectivity index (χ0v) is 19.9. The Hall–Kier alpha value is -3.72. The van der Waals surface area contributed by atoms with Gasteiger partial charge in [0.05, 0.1) is 5.69 Å². The summed E-state index contributed by atoms with van der Waals surface area (Å²) in [6, 6.07) is 16.0. The highest BCUT2D eigenvalue weighted by Crippen LogP contribution is 2.32. The van der Waals surface area contributed by atoms with E-state index in [9.17, 15) is 14.4 Å². The maximum atomic E-state index is 13.8. The molecule has 1 aromatic heterocycles. The number of nitrogens with zero attached hydrogens (tertiary/aromatic N) is 3. The summed E-state index contributed by atoms with van der Waals surface area (Å²) in [6.45, 7) is 0.605. The Labute approximate surface area is 207 Å². The fourth-order valence-corrected chi connectivity index (χ4v) is 4.78. The Balaban J connectivity index is 1.33. The number of hydrogen-bond acceptors (Lipinski definition) is 6. The van der Waals surface area contributed by atoms with Crippen molar-refractivity contribution < 1.29 is 19.1 Å². The van der Waals surface area contributed by atoms with Gasteiger partial charge in [0, 0.05) is 29.7 Å². The highest BCUT2D eigenvalue weighted by Gasteiger charge is 2.39. The van der Waals surface area contributed by atoms with Crippen LogP contribution in [0.5, 0.6) is 0 Å². The highest BCUT2D eigenvalue weighted by molar-refractivity contribution is 7.13. The van der Waals surface area contributed by atoms with E-state index in [0.29, 0.717) is 35.8 Å². The molecule has 8 nitrogen and oxygen atoms in total. The molecule has 1 saturated heterocycles. The molecule has 5 rings (SSSR count). The van der Waals surface area contributed by atoms with E-state index in [-0.39, 0.29) is 24.5 Å². The van der Waals surface area contributed by atoms with Crippen molar-refractivity contribution >= 4 is 40.1 Å². The third kappa shape index (κ3) is 5.35. The van der Waals surface area contributed by atoms with Crippen LogP contribution in [-0.2, 0) is 16.1 Å². The molecule has 180 valence electrons. The van der Waals surface area contributed by atoms with E-state index < -0.39 is 12.1 Å². The Bertz CT molecular complexity index is 1180. The monoisotopic (exact) mass is 490 g/mol. The fraction of sp³-hybridized carbons (Fsp3) is 0.308. The van der Waals surface area contributed by atoms with Gasteiger partial charge < -0.3 is 10.1 Å². The average Bonchev–Trinajstić information content (AvgIpc) is 3.33. The summed E-state index contributed by atoms with van der Waals surface area (Å²) in [5.41, 5.74) is 2.02. The summed E-state index contributed by atoms with van der Waals surface area (Å²) in [6.07, 6.45) is 4.42. The zero-order chi connectivity index (χ0) is 24.2. The van der Waals surface area contributed by atoms with Crippen LogP contribution >= 0.6 is 11.3 Å². The molecule has 3 aromatic rings. The number of aromatic nitrogens is 1. The maximum absolute atomic E-state index is 13.8. The van der Waals surface area contributed by atoms with Crippen molar-refractivity contribution in [3.63, 3.8) is 0 Å². The van der Waals surface area contributed by atoms with Gasteiger partial charge >= 0.3 is 6.09 Å². The molecule has 2 aliphatic rings. The summed E-state index contributed by atoms with van der Waals surface area (Å²) in [4.78, 5) is 46.4. The van der Waals surface area contributed by atoms with Gasteiger partial charge in [0.25, 0.3) is 11.8 Å². The standard InChI is InChI=1S/C26H26N4O4S/c31-23(28-20-10-11-20)19-8-12-21(13-9-19)30(25-27-14-16-35-25)24(32)22-7-4-15-29(22)26(33)34-17-18-5-2-1-3-6-18/h1-3,5-6,8-9,12-14,16,20,22H,4,7,10-11,15,17H2,(H,28,31). The number of amides is 3. The first kappa shape index (κ1) is 23.0. The second-order valence-electron chi connectivity index (χ2n) is 8.67. The topological polar surface area (TPSA) is 91.8 Å². The van der Waals surface area contributed by atoms with Gasteiger partial charge in [-0.1, -0.05) is 30.3 Å². The number of nitrogens with one attached hydrogen (secondary N) is 1. The van der Waals surface area contributed by atoms with Crippen LogP contribution in [0.4, 0.5) is 15.6 Å². The maximum Gasteiger partial charge on any atom is 0.410 e. The zero-order valence-electron chi connectivity index (χ0n) is 19.1. The molecular formula is C26H26N4O4S. The van der Waals surface area contributed by atoms with Crippen LogP contribution in [0.15, 0.2) is 66.2 Å². The summed E-state index contributed by atoms with van der Waals surface area (Å²) in [7, 11) is 0.